The Morgan fingerprint density at radius 3 is 2.82 bits per heavy atom. The maximum Gasteiger partial charge on any atom is 0.180 e. The molecule has 3 heteroatoms. The average molecular weight is 153 g/mol. The van der Waals surface area contributed by atoms with Crippen molar-refractivity contribution >= 4 is 5.78 Å². The normalized spacial score (nSPS) is 9.64. The van der Waals surface area contributed by atoms with Gasteiger partial charge in [0.25, 0.3) is 0 Å². The van der Waals surface area contributed by atoms with E-state index in [-0.39, 0.29) is 5.78 Å². The fraction of sp³-hybridized carbons (Fsp3) is 0.250. The molecule has 0 aromatic carbocycles. The Kier molecular flexibility index (Phi) is 2.31. The van der Waals surface area contributed by atoms with Crippen molar-refractivity contribution in [3.05, 3.63) is 29.8 Å². The van der Waals surface area contributed by atoms with Gasteiger partial charge in [0.2, 0.25) is 0 Å². The number of ketones is 1. The average Bonchev–Trinajstić information content (AvgIpc) is 2.05. The number of pyridine rings is 1. The van der Waals surface area contributed by atoms with E-state index in [1.807, 2.05) is 0 Å². The van der Waals surface area contributed by atoms with Crippen molar-refractivity contribution < 1.29 is 9.18 Å². The lowest BCUT2D eigenvalue weighted by Gasteiger charge is -1.94. The molecule has 0 unspecified atom stereocenters. The van der Waals surface area contributed by atoms with Crippen LogP contribution >= 0.6 is 0 Å². The van der Waals surface area contributed by atoms with Gasteiger partial charge in [0.05, 0.1) is 6.20 Å². The second-order valence-electron chi connectivity index (χ2n) is 2.14. The Balaban J connectivity index is 2.90. The summed E-state index contributed by atoms with van der Waals surface area (Å²) in [4.78, 5) is 14.6. The summed E-state index contributed by atoms with van der Waals surface area (Å²) < 4.78 is 12.3. The van der Waals surface area contributed by atoms with Crippen LogP contribution in [0.5, 0.6) is 0 Å². The summed E-state index contributed by atoms with van der Waals surface area (Å²) in [7, 11) is 0. The topological polar surface area (TPSA) is 30.0 Å². The minimum atomic E-state index is -0.419. The van der Waals surface area contributed by atoms with E-state index in [0.717, 1.165) is 6.20 Å². The summed E-state index contributed by atoms with van der Waals surface area (Å²) in [5.41, 5.74) is 0.328. The minimum absolute atomic E-state index is 0.0648. The zero-order valence-electron chi connectivity index (χ0n) is 6.17. The van der Waals surface area contributed by atoms with Gasteiger partial charge in [-0.25, -0.2) is 4.39 Å². The lowest BCUT2D eigenvalue weighted by atomic mass is 10.2. The van der Waals surface area contributed by atoms with Crippen LogP contribution in [0.1, 0.15) is 23.8 Å². The van der Waals surface area contributed by atoms with Crippen molar-refractivity contribution in [2.75, 3.05) is 0 Å². The largest absolute Gasteiger partial charge is 0.292 e. The van der Waals surface area contributed by atoms with Crippen LogP contribution in [0.25, 0.3) is 0 Å². The summed E-state index contributed by atoms with van der Waals surface area (Å²) in [6.45, 7) is 1.74. The van der Waals surface area contributed by atoms with E-state index >= 15 is 0 Å². The van der Waals surface area contributed by atoms with Gasteiger partial charge in [-0.15, -0.1) is 0 Å². The number of hydrogen-bond acceptors (Lipinski definition) is 2. The van der Waals surface area contributed by atoms with Crippen molar-refractivity contribution in [1.82, 2.24) is 4.98 Å². The predicted octanol–water partition coefficient (Wildman–Crippen LogP) is 1.81. The van der Waals surface area contributed by atoms with Gasteiger partial charge >= 0.3 is 0 Å². The molecule has 0 atom stereocenters. The maximum absolute atomic E-state index is 12.3. The Morgan fingerprint density at radius 2 is 2.36 bits per heavy atom. The van der Waals surface area contributed by atoms with Crippen LogP contribution in [0.15, 0.2) is 18.3 Å². The predicted molar refractivity (Wildman–Crippen MR) is 38.8 cm³/mol. The van der Waals surface area contributed by atoms with Gasteiger partial charge in [-0.3, -0.25) is 9.78 Å². The number of nitrogens with zero attached hydrogens (tertiary/aromatic N) is 1. The van der Waals surface area contributed by atoms with Crippen molar-refractivity contribution in [2.45, 2.75) is 13.3 Å². The number of carbonyl (C=O) groups excluding carboxylic acids is 1. The third kappa shape index (κ3) is 1.83. The summed E-state index contributed by atoms with van der Waals surface area (Å²) in [6.07, 6.45) is 1.45. The number of aromatic nitrogens is 1. The third-order valence-corrected chi connectivity index (χ3v) is 1.33. The van der Waals surface area contributed by atoms with Crippen LogP contribution in [0.2, 0.25) is 0 Å². The Hall–Kier alpha value is -1.25. The summed E-state index contributed by atoms with van der Waals surface area (Å²) in [6, 6.07) is 2.62. The zero-order valence-corrected chi connectivity index (χ0v) is 6.17. The number of halogens is 1. The highest BCUT2D eigenvalue weighted by molar-refractivity contribution is 5.93. The fourth-order valence-electron chi connectivity index (χ4n) is 0.722. The molecule has 0 aliphatic rings. The molecule has 0 radical (unpaired) electrons. The number of carbonyl (C=O) groups is 1. The monoisotopic (exact) mass is 153 g/mol. The quantitative estimate of drug-likeness (QED) is 0.606. The van der Waals surface area contributed by atoms with Crippen LogP contribution in [0.4, 0.5) is 4.39 Å². The summed E-state index contributed by atoms with van der Waals surface area (Å²) >= 11 is 0. The molecule has 1 rings (SSSR count). The first-order valence-electron chi connectivity index (χ1n) is 3.38. The minimum Gasteiger partial charge on any atom is -0.292 e. The Bertz CT molecular complexity index is 255. The molecule has 0 aliphatic carbocycles. The van der Waals surface area contributed by atoms with Crippen molar-refractivity contribution in [1.29, 1.82) is 0 Å². The Morgan fingerprint density at radius 1 is 1.64 bits per heavy atom. The Labute approximate surface area is 64.1 Å². The molecule has 0 spiro atoms. The van der Waals surface area contributed by atoms with Crippen molar-refractivity contribution in [2.24, 2.45) is 0 Å². The SMILES string of the molecule is CCC(=O)c1ccc(F)cn1. The highest BCUT2D eigenvalue weighted by atomic mass is 19.1. The molecule has 58 valence electrons. The molecule has 2 nitrogen and oxygen atoms in total. The second-order valence-corrected chi connectivity index (χ2v) is 2.14. The van der Waals surface area contributed by atoms with Crippen LogP contribution in [0, 0.1) is 5.82 Å². The molecule has 0 saturated heterocycles. The molecule has 1 heterocycles. The van der Waals surface area contributed by atoms with Gasteiger partial charge in [-0.2, -0.15) is 0 Å². The van der Waals surface area contributed by atoms with E-state index in [2.05, 4.69) is 4.98 Å². The van der Waals surface area contributed by atoms with Crippen LogP contribution < -0.4 is 0 Å². The molecule has 11 heavy (non-hydrogen) atoms. The molecule has 0 aliphatic heterocycles. The van der Waals surface area contributed by atoms with E-state index in [4.69, 9.17) is 0 Å². The lowest BCUT2D eigenvalue weighted by Crippen LogP contribution is -1.99. The second kappa shape index (κ2) is 3.23. The molecule has 0 bridgehead atoms. The van der Waals surface area contributed by atoms with Gasteiger partial charge in [-0.1, -0.05) is 6.92 Å². The molecule has 0 amide bonds. The fourth-order valence-corrected chi connectivity index (χ4v) is 0.722. The van der Waals surface area contributed by atoms with Crippen molar-refractivity contribution in [3.63, 3.8) is 0 Å². The first kappa shape index (κ1) is 7.85. The number of rotatable bonds is 2. The molecular formula is C8H8FNO. The van der Waals surface area contributed by atoms with Gasteiger partial charge in [0.1, 0.15) is 11.5 Å². The summed E-state index contributed by atoms with van der Waals surface area (Å²) in [5, 5.41) is 0. The van der Waals surface area contributed by atoms with Gasteiger partial charge in [0, 0.05) is 6.42 Å². The molecule has 0 saturated carbocycles. The lowest BCUT2D eigenvalue weighted by molar-refractivity contribution is 0.0983. The van der Waals surface area contributed by atoms with E-state index < -0.39 is 5.82 Å². The van der Waals surface area contributed by atoms with E-state index in [9.17, 15) is 9.18 Å². The van der Waals surface area contributed by atoms with E-state index in [0.29, 0.717) is 12.1 Å². The van der Waals surface area contributed by atoms with Crippen LogP contribution in [-0.4, -0.2) is 10.8 Å². The van der Waals surface area contributed by atoms with E-state index in [1.54, 1.807) is 6.92 Å². The van der Waals surface area contributed by atoms with Gasteiger partial charge in [-0.05, 0) is 12.1 Å². The van der Waals surface area contributed by atoms with Crippen molar-refractivity contribution in [3.8, 4) is 0 Å². The standard InChI is InChI=1S/C8H8FNO/c1-2-8(11)7-4-3-6(9)5-10-7/h3-5H,2H2,1H3. The smallest absolute Gasteiger partial charge is 0.180 e. The molecule has 1 aromatic rings. The third-order valence-electron chi connectivity index (χ3n) is 1.33. The molecule has 0 fully saturated rings. The number of hydrogen-bond donors (Lipinski definition) is 0. The van der Waals surface area contributed by atoms with E-state index in [1.165, 1.54) is 12.1 Å². The van der Waals surface area contributed by atoms with Crippen LogP contribution in [0.3, 0.4) is 0 Å². The van der Waals surface area contributed by atoms with Gasteiger partial charge < -0.3 is 0 Å². The molecule has 0 N–H and O–H groups in total. The first-order chi connectivity index (χ1) is 5.24. The summed E-state index contributed by atoms with van der Waals surface area (Å²) in [5.74, 6) is -0.484. The first-order valence-corrected chi connectivity index (χ1v) is 3.38. The molecular weight excluding hydrogens is 145 g/mol. The maximum atomic E-state index is 12.3. The number of Topliss-reactive ketones (excluding diaryl/α,β-unsaturated/α-hetero) is 1. The highest BCUT2D eigenvalue weighted by Gasteiger charge is 2.02. The van der Waals surface area contributed by atoms with Crippen LogP contribution in [-0.2, 0) is 0 Å². The zero-order chi connectivity index (χ0) is 8.27. The van der Waals surface area contributed by atoms with Gasteiger partial charge in [0.15, 0.2) is 5.78 Å². The molecule has 1 aromatic heterocycles. The highest BCUT2D eigenvalue weighted by Crippen LogP contribution is 2.00.